The van der Waals surface area contributed by atoms with Gasteiger partial charge in [-0.1, -0.05) is 12.1 Å². The lowest BCUT2D eigenvalue weighted by atomic mass is 10.00. The van der Waals surface area contributed by atoms with Crippen LogP contribution < -0.4 is 5.32 Å². The molecule has 0 radical (unpaired) electrons. The molecule has 0 saturated heterocycles. The van der Waals surface area contributed by atoms with Crippen LogP contribution in [0.5, 0.6) is 5.75 Å². The van der Waals surface area contributed by atoms with Crippen LogP contribution in [0.2, 0.25) is 0 Å². The summed E-state index contributed by atoms with van der Waals surface area (Å²) in [6, 6.07) is 11.6. The van der Waals surface area contributed by atoms with Crippen molar-refractivity contribution in [3.63, 3.8) is 0 Å². The Morgan fingerprint density at radius 3 is 2.55 bits per heavy atom. The molecule has 0 heterocycles. The third-order valence-electron chi connectivity index (χ3n) is 4.31. The molecule has 31 heavy (non-hydrogen) atoms. The number of carbonyl (C=O) groups excluding carboxylic acids is 1. The van der Waals surface area contributed by atoms with Crippen molar-refractivity contribution in [2.24, 2.45) is 0 Å². The zero-order valence-electron chi connectivity index (χ0n) is 16.6. The molecule has 2 aromatic carbocycles. The minimum absolute atomic E-state index is 0.249. The van der Waals surface area contributed by atoms with Crippen molar-refractivity contribution < 1.29 is 33.7 Å². The summed E-state index contributed by atoms with van der Waals surface area (Å²) in [5.74, 6) is -2.54. The SMILES string of the molecule is CO[C@@H](CC/C=C/C(=O)O)[C@@H](OC(=O)Nc1ccc(C#N)cc1)c1ccc(O)c(F)c1. The molecule has 0 aliphatic carbocycles. The fraction of sp³-hybridized carbons (Fsp3) is 0.227. The van der Waals surface area contributed by atoms with E-state index in [1.807, 2.05) is 6.07 Å². The number of benzene rings is 2. The number of halogens is 1. The zero-order valence-corrected chi connectivity index (χ0v) is 16.6. The van der Waals surface area contributed by atoms with E-state index in [-0.39, 0.29) is 12.0 Å². The zero-order chi connectivity index (χ0) is 22.8. The molecular weight excluding hydrogens is 407 g/mol. The van der Waals surface area contributed by atoms with Crippen LogP contribution in [0.1, 0.15) is 30.1 Å². The second-order valence-corrected chi connectivity index (χ2v) is 6.44. The number of carbonyl (C=O) groups is 2. The number of amides is 1. The van der Waals surface area contributed by atoms with Crippen molar-refractivity contribution in [1.82, 2.24) is 0 Å². The van der Waals surface area contributed by atoms with Crippen LogP contribution in [0, 0.1) is 17.1 Å². The monoisotopic (exact) mass is 428 g/mol. The smallest absolute Gasteiger partial charge is 0.412 e. The molecule has 9 heteroatoms. The number of allylic oxidation sites excluding steroid dienone is 1. The standard InChI is InChI=1S/C22H21FN2O6/c1-30-19(4-2-3-5-20(27)28)21(15-8-11-18(26)17(23)12-15)31-22(29)25-16-9-6-14(13-24)7-10-16/h3,5-12,19,21,26H,2,4H2,1H3,(H,25,29)(H,27,28)/b5-3+/t19-,21-/m0/s1. The van der Waals surface area contributed by atoms with Gasteiger partial charge in [-0.05, 0) is 54.8 Å². The molecule has 0 saturated carbocycles. The Labute approximate surface area is 178 Å². The highest BCUT2D eigenvalue weighted by molar-refractivity contribution is 5.84. The average Bonchev–Trinajstić information content (AvgIpc) is 2.75. The van der Waals surface area contributed by atoms with E-state index in [2.05, 4.69) is 5.32 Å². The number of hydrogen-bond acceptors (Lipinski definition) is 6. The number of aromatic hydroxyl groups is 1. The van der Waals surface area contributed by atoms with E-state index in [1.54, 1.807) is 0 Å². The molecule has 0 spiro atoms. The summed E-state index contributed by atoms with van der Waals surface area (Å²) in [7, 11) is 1.39. The number of anilines is 1. The molecule has 3 N–H and O–H groups in total. The van der Waals surface area contributed by atoms with Gasteiger partial charge >= 0.3 is 12.1 Å². The molecule has 0 fully saturated rings. The lowest BCUT2D eigenvalue weighted by Gasteiger charge is -2.26. The van der Waals surface area contributed by atoms with Gasteiger partial charge in [-0.25, -0.2) is 14.0 Å². The number of phenolic OH excluding ortho intramolecular Hbond substituents is 1. The summed E-state index contributed by atoms with van der Waals surface area (Å²) in [4.78, 5) is 23.1. The second-order valence-electron chi connectivity index (χ2n) is 6.44. The van der Waals surface area contributed by atoms with Gasteiger partial charge in [0.25, 0.3) is 0 Å². The first-order valence-electron chi connectivity index (χ1n) is 9.22. The van der Waals surface area contributed by atoms with E-state index in [0.29, 0.717) is 17.7 Å². The summed E-state index contributed by atoms with van der Waals surface area (Å²) in [6.07, 6.45) is 0.386. The van der Waals surface area contributed by atoms with E-state index in [1.165, 1.54) is 43.5 Å². The number of hydrogen-bond donors (Lipinski definition) is 3. The van der Waals surface area contributed by atoms with Gasteiger partial charge in [0.05, 0.1) is 17.7 Å². The van der Waals surface area contributed by atoms with E-state index in [9.17, 15) is 19.1 Å². The predicted molar refractivity (Wildman–Crippen MR) is 109 cm³/mol. The van der Waals surface area contributed by atoms with Crippen LogP contribution in [0.4, 0.5) is 14.9 Å². The molecule has 0 aromatic heterocycles. The van der Waals surface area contributed by atoms with Crippen molar-refractivity contribution in [3.05, 3.63) is 71.6 Å². The lowest BCUT2D eigenvalue weighted by molar-refractivity contribution is -0.131. The Morgan fingerprint density at radius 1 is 1.26 bits per heavy atom. The summed E-state index contributed by atoms with van der Waals surface area (Å²) in [5, 5.41) is 29.5. The van der Waals surface area contributed by atoms with Crippen molar-refractivity contribution in [1.29, 1.82) is 5.26 Å². The fourth-order valence-electron chi connectivity index (χ4n) is 2.79. The number of phenols is 1. The molecule has 0 bridgehead atoms. The first-order valence-corrected chi connectivity index (χ1v) is 9.22. The first kappa shape index (κ1) is 23.4. The second kappa shape index (κ2) is 11.3. The number of nitrogens with one attached hydrogen (secondary N) is 1. The fourth-order valence-corrected chi connectivity index (χ4v) is 2.79. The molecule has 1 amide bonds. The van der Waals surface area contributed by atoms with E-state index < -0.39 is 35.8 Å². The van der Waals surface area contributed by atoms with Gasteiger partial charge in [0.15, 0.2) is 17.7 Å². The maximum atomic E-state index is 13.9. The van der Waals surface area contributed by atoms with Crippen molar-refractivity contribution >= 4 is 17.7 Å². The largest absolute Gasteiger partial charge is 0.505 e. The van der Waals surface area contributed by atoms with Crippen LogP contribution in [0.3, 0.4) is 0 Å². The molecule has 0 aliphatic rings. The Bertz CT molecular complexity index is 984. The summed E-state index contributed by atoms with van der Waals surface area (Å²) < 4.78 is 24.8. The minimum Gasteiger partial charge on any atom is -0.505 e. The number of rotatable bonds is 9. The van der Waals surface area contributed by atoms with Gasteiger partial charge in [0, 0.05) is 18.9 Å². The third-order valence-corrected chi connectivity index (χ3v) is 4.31. The Morgan fingerprint density at radius 2 is 1.97 bits per heavy atom. The van der Waals surface area contributed by atoms with Crippen molar-refractivity contribution in [2.75, 3.05) is 12.4 Å². The minimum atomic E-state index is -1.09. The highest BCUT2D eigenvalue weighted by atomic mass is 19.1. The number of nitrogens with zero attached hydrogens (tertiary/aromatic N) is 1. The lowest BCUT2D eigenvalue weighted by Crippen LogP contribution is -2.28. The van der Waals surface area contributed by atoms with Gasteiger partial charge in [0.2, 0.25) is 0 Å². The van der Waals surface area contributed by atoms with Gasteiger partial charge in [0.1, 0.15) is 0 Å². The molecule has 162 valence electrons. The van der Waals surface area contributed by atoms with Crippen molar-refractivity contribution in [3.8, 4) is 11.8 Å². The molecule has 0 unspecified atom stereocenters. The van der Waals surface area contributed by atoms with Crippen LogP contribution in [0.25, 0.3) is 0 Å². The number of aliphatic carboxylic acids is 1. The van der Waals surface area contributed by atoms with Crippen LogP contribution >= 0.6 is 0 Å². The van der Waals surface area contributed by atoms with Crippen LogP contribution in [-0.4, -0.2) is 35.5 Å². The maximum Gasteiger partial charge on any atom is 0.412 e. The quantitative estimate of drug-likeness (QED) is 0.512. The van der Waals surface area contributed by atoms with Gasteiger partial charge < -0.3 is 19.7 Å². The maximum absolute atomic E-state index is 13.9. The Kier molecular flexibility index (Phi) is 8.54. The molecule has 2 atom stereocenters. The highest BCUT2D eigenvalue weighted by Crippen LogP contribution is 2.30. The number of carboxylic acid groups (broad SMARTS) is 1. The van der Waals surface area contributed by atoms with E-state index >= 15 is 0 Å². The third kappa shape index (κ3) is 7.13. The number of methoxy groups -OCH3 is 1. The Hall–Kier alpha value is -3.90. The highest BCUT2D eigenvalue weighted by Gasteiger charge is 2.28. The first-order chi connectivity index (χ1) is 14.8. The van der Waals surface area contributed by atoms with E-state index in [4.69, 9.17) is 19.8 Å². The number of ether oxygens (including phenoxy) is 2. The van der Waals surface area contributed by atoms with Crippen LogP contribution in [-0.2, 0) is 14.3 Å². The molecule has 8 nitrogen and oxygen atoms in total. The summed E-state index contributed by atoms with van der Waals surface area (Å²) in [5.41, 5.74) is 1.06. The molecule has 2 rings (SSSR count). The van der Waals surface area contributed by atoms with E-state index in [0.717, 1.165) is 18.2 Å². The molecule has 0 aliphatic heterocycles. The van der Waals surface area contributed by atoms with Gasteiger partial charge in [-0.3, -0.25) is 5.32 Å². The number of nitriles is 1. The average molecular weight is 428 g/mol. The normalized spacial score (nSPS) is 12.7. The topological polar surface area (TPSA) is 129 Å². The summed E-state index contributed by atoms with van der Waals surface area (Å²) >= 11 is 0. The summed E-state index contributed by atoms with van der Waals surface area (Å²) in [6.45, 7) is 0. The van der Waals surface area contributed by atoms with Gasteiger partial charge in [-0.2, -0.15) is 5.26 Å². The number of carboxylic acids is 1. The molecular formula is C22H21FN2O6. The Balaban J connectivity index is 2.20. The molecule has 2 aromatic rings. The van der Waals surface area contributed by atoms with Crippen LogP contribution in [0.15, 0.2) is 54.6 Å². The van der Waals surface area contributed by atoms with Crippen molar-refractivity contribution in [2.45, 2.75) is 25.0 Å². The van der Waals surface area contributed by atoms with Gasteiger partial charge in [-0.15, -0.1) is 0 Å². The predicted octanol–water partition coefficient (Wildman–Crippen LogP) is 4.13.